The van der Waals surface area contributed by atoms with Gasteiger partial charge in [0, 0.05) is 13.1 Å². The molecule has 1 aromatic rings. The van der Waals surface area contributed by atoms with Crippen molar-refractivity contribution < 1.29 is 10.2 Å². The Morgan fingerprint density at radius 3 is 2.33 bits per heavy atom. The van der Waals surface area contributed by atoms with Crippen LogP contribution in [0, 0.1) is 5.92 Å². The molecular formula is C16H23Br2NO2. The SMILES string of the molecule is CCC1CCC(O)(CNCc2cc(Br)c(O)c(Br)c2)CC1. The molecule has 1 saturated carbocycles. The van der Waals surface area contributed by atoms with E-state index in [1.54, 1.807) is 0 Å². The van der Waals surface area contributed by atoms with E-state index >= 15 is 0 Å². The number of benzene rings is 1. The van der Waals surface area contributed by atoms with Crippen LogP contribution in [-0.4, -0.2) is 22.4 Å². The van der Waals surface area contributed by atoms with Crippen molar-refractivity contribution in [2.75, 3.05) is 6.54 Å². The van der Waals surface area contributed by atoms with Gasteiger partial charge in [-0.05, 0) is 81.2 Å². The van der Waals surface area contributed by atoms with Gasteiger partial charge in [0.2, 0.25) is 0 Å². The van der Waals surface area contributed by atoms with E-state index in [0.29, 0.717) is 22.0 Å². The van der Waals surface area contributed by atoms with Crippen LogP contribution in [0.2, 0.25) is 0 Å². The summed E-state index contributed by atoms with van der Waals surface area (Å²) in [7, 11) is 0. The largest absolute Gasteiger partial charge is 0.506 e. The first-order valence-corrected chi connectivity index (χ1v) is 9.12. The van der Waals surface area contributed by atoms with Crippen molar-refractivity contribution in [3.63, 3.8) is 0 Å². The topological polar surface area (TPSA) is 52.5 Å². The highest BCUT2D eigenvalue weighted by molar-refractivity contribution is 9.11. The van der Waals surface area contributed by atoms with Crippen LogP contribution in [0.5, 0.6) is 5.75 Å². The zero-order valence-electron chi connectivity index (χ0n) is 12.3. The van der Waals surface area contributed by atoms with E-state index in [-0.39, 0.29) is 5.75 Å². The molecule has 3 nitrogen and oxygen atoms in total. The summed E-state index contributed by atoms with van der Waals surface area (Å²) < 4.78 is 1.35. The van der Waals surface area contributed by atoms with Gasteiger partial charge >= 0.3 is 0 Å². The second-order valence-electron chi connectivity index (χ2n) is 6.09. The van der Waals surface area contributed by atoms with Gasteiger partial charge < -0.3 is 15.5 Å². The molecule has 0 unspecified atom stereocenters. The Labute approximate surface area is 143 Å². The fourth-order valence-corrected chi connectivity index (χ4v) is 4.24. The van der Waals surface area contributed by atoms with E-state index in [2.05, 4.69) is 44.1 Å². The summed E-state index contributed by atoms with van der Waals surface area (Å²) in [5.41, 5.74) is 0.509. The van der Waals surface area contributed by atoms with Crippen LogP contribution in [0.1, 0.15) is 44.6 Å². The van der Waals surface area contributed by atoms with Crippen molar-refractivity contribution in [3.8, 4) is 5.75 Å². The molecule has 0 radical (unpaired) electrons. The highest BCUT2D eigenvalue weighted by Crippen LogP contribution is 2.34. The summed E-state index contributed by atoms with van der Waals surface area (Å²) >= 11 is 6.67. The van der Waals surface area contributed by atoms with Crippen LogP contribution in [0.15, 0.2) is 21.1 Å². The van der Waals surface area contributed by atoms with Gasteiger partial charge in [0.15, 0.2) is 0 Å². The monoisotopic (exact) mass is 419 g/mol. The zero-order valence-corrected chi connectivity index (χ0v) is 15.5. The van der Waals surface area contributed by atoms with E-state index in [0.717, 1.165) is 37.2 Å². The second-order valence-corrected chi connectivity index (χ2v) is 7.80. The maximum atomic E-state index is 10.6. The van der Waals surface area contributed by atoms with Crippen molar-refractivity contribution >= 4 is 31.9 Å². The smallest absolute Gasteiger partial charge is 0.143 e. The summed E-state index contributed by atoms with van der Waals surface area (Å²) in [6, 6.07) is 3.79. The molecule has 1 aliphatic carbocycles. The molecule has 0 heterocycles. The lowest BCUT2D eigenvalue weighted by Gasteiger charge is -2.36. The molecule has 21 heavy (non-hydrogen) atoms. The van der Waals surface area contributed by atoms with E-state index in [1.165, 1.54) is 6.42 Å². The van der Waals surface area contributed by atoms with Crippen LogP contribution < -0.4 is 5.32 Å². The van der Waals surface area contributed by atoms with Crippen molar-refractivity contribution in [1.82, 2.24) is 5.32 Å². The molecule has 118 valence electrons. The van der Waals surface area contributed by atoms with Crippen LogP contribution in [0.25, 0.3) is 0 Å². The third kappa shape index (κ3) is 4.68. The Balaban J connectivity index is 1.84. The quantitative estimate of drug-likeness (QED) is 0.664. The number of phenolic OH excluding ortho intramolecular Hbond substituents is 1. The van der Waals surface area contributed by atoms with Crippen LogP contribution in [0.3, 0.4) is 0 Å². The minimum absolute atomic E-state index is 0.218. The number of rotatable bonds is 5. The molecule has 1 aromatic carbocycles. The Hall–Kier alpha value is -0.100. The zero-order chi connectivity index (χ0) is 15.5. The van der Waals surface area contributed by atoms with E-state index < -0.39 is 5.60 Å². The van der Waals surface area contributed by atoms with Gasteiger partial charge in [-0.1, -0.05) is 13.3 Å². The van der Waals surface area contributed by atoms with Crippen molar-refractivity contribution in [3.05, 3.63) is 26.6 Å². The lowest BCUT2D eigenvalue weighted by molar-refractivity contribution is -0.00881. The van der Waals surface area contributed by atoms with Crippen LogP contribution in [0.4, 0.5) is 0 Å². The molecule has 3 N–H and O–H groups in total. The predicted molar refractivity (Wildman–Crippen MR) is 92.4 cm³/mol. The number of aliphatic hydroxyl groups is 1. The molecule has 1 aliphatic rings. The van der Waals surface area contributed by atoms with Crippen LogP contribution in [-0.2, 0) is 6.54 Å². The average Bonchev–Trinajstić information content (AvgIpc) is 2.45. The molecule has 5 heteroatoms. The summed E-state index contributed by atoms with van der Waals surface area (Å²) in [6.45, 7) is 3.53. The fraction of sp³-hybridized carbons (Fsp3) is 0.625. The lowest BCUT2D eigenvalue weighted by atomic mass is 9.78. The van der Waals surface area contributed by atoms with E-state index in [1.807, 2.05) is 12.1 Å². The summed E-state index contributed by atoms with van der Waals surface area (Å²) in [4.78, 5) is 0. The third-order valence-electron chi connectivity index (χ3n) is 4.47. The number of nitrogens with one attached hydrogen (secondary N) is 1. The first-order valence-electron chi connectivity index (χ1n) is 7.53. The maximum Gasteiger partial charge on any atom is 0.143 e. The summed E-state index contributed by atoms with van der Waals surface area (Å²) in [5.74, 6) is 1.00. The molecule has 0 saturated heterocycles. The van der Waals surface area contributed by atoms with Gasteiger partial charge in [-0.25, -0.2) is 0 Å². The molecule has 0 aromatic heterocycles. The van der Waals surface area contributed by atoms with E-state index in [4.69, 9.17) is 0 Å². The fourth-order valence-electron chi connectivity index (χ4n) is 2.96. The van der Waals surface area contributed by atoms with E-state index in [9.17, 15) is 10.2 Å². The Bertz CT molecular complexity index is 462. The molecular weight excluding hydrogens is 398 g/mol. The number of halogens is 2. The molecule has 2 rings (SSSR count). The lowest BCUT2D eigenvalue weighted by Crippen LogP contribution is -2.43. The minimum Gasteiger partial charge on any atom is -0.506 e. The summed E-state index contributed by atoms with van der Waals surface area (Å²) in [6.07, 6.45) is 5.26. The number of hydrogen-bond donors (Lipinski definition) is 3. The highest BCUT2D eigenvalue weighted by Gasteiger charge is 2.32. The van der Waals surface area contributed by atoms with Gasteiger partial charge in [-0.3, -0.25) is 0 Å². The van der Waals surface area contributed by atoms with Crippen molar-refractivity contribution in [1.29, 1.82) is 0 Å². The molecule has 0 aliphatic heterocycles. The average molecular weight is 421 g/mol. The van der Waals surface area contributed by atoms with Crippen molar-refractivity contribution in [2.45, 2.75) is 51.2 Å². The van der Waals surface area contributed by atoms with Gasteiger partial charge in [-0.2, -0.15) is 0 Å². The van der Waals surface area contributed by atoms with Gasteiger partial charge in [0.25, 0.3) is 0 Å². The highest BCUT2D eigenvalue weighted by atomic mass is 79.9. The number of aromatic hydroxyl groups is 1. The molecule has 0 amide bonds. The number of hydrogen-bond acceptors (Lipinski definition) is 3. The second kappa shape index (κ2) is 7.44. The predicted octanol–water partition coefficient (Wildman–Crippen LogP) is 4.34. The first-order chi connectivity index (χ1) is 9.93. The Morgan fingerprint density at radius 2 is 1.81 bits per heavy atom. The first kappa shape index (κ1) is 17.3. The molecule has 1 fully saturated rings. The number of phenols is 1. The minimum atomic E-state index is -0.558. The standard InChI is InChI=1S/C16H23Br2NO2/c1-2-11-3-5-16(21,6-4-11)10-19-9-12-7-13(17)15(20)14(18)8-12/h7-8,11,19-21H,2-6,9-10H2,1H3. The molecule has 0 atom stereocenters. The molecule has 0 bridgehead atoms. The third-order valence-corrected chi connectivity index (χ3v) is 5.68. The van der Waals surface area contributed by atoms with Crippen LogP contribution >= 0.6 is 31.9 Å². The Kier molecular flexibility index (Phi) is 6.12. The maximum absolute atomic E-state index is 10.6. The normalized spacial score (nSPS) is 26.0. The van der Waals surface area contributed by atoms with Gasteiger partial charge in [0.05, 0.1) is 14.5 Å². The molecule has 0 spiro atoms. The Morgan fingerprint density at radius 1 is 1.24 bits per heavy atom. The summed E-state index contributed by atoms with van der Waals surface area (Å²) in [5, 5.41) is 23.6. The van der Waals surface area contributed by atoms with Gasteiger partial charge in [-0.15, -0.1) is 0 Å². The van der Waals surface area contributed by atoms with Crippen molar-refractivity contribution in [2.24, 2.45) is 5.92 Å². The van der Waals surface area contributed by atoms with Gasteiger partial charge in [0.1, 0.15) is 5.75 Å².